The lowest BCUT2D eigenvalue weighted by Crippen LogP contribution is -2.43. The number of likely N-dealkylation sites (tertiary alicyclic amines) is 1. The molecule has 0 spiro atoms. The third kappa shape index (κ3) is 4.54. The molecule has 2 aromatic heterocycles. The Kier molecular flexibility index (Phi) is 5.80. The van der Waals surface area contributed by atoms with Crippen molar-refractivity contribution in [1.29, 1.82) is 0 Å². The predicted molar refractivity (Wildman–Crippen MR) is 121 cm³/mol. The summed E-state index contributed by atoms with van der Waals surface area (Å²) in [5, 5.41) is 0. The van der Waals surface area contributed by atoms with Gasteiger partial charge in [0.05, 0.1) is 0 Å². The normalized spacial score (nSPS) is 18.3. The summed E-state index contributed by atoms with van der Waals surface area (Å²) in [7, 11) is 0. The molecule has 5 rings (SSSR count). The first kappa shape index (κ1) is 19.9. The van der Waals surface area contributed by atoms with Gasteiger partial charge in [-0.05, 0) is 49.4 Å². The number of piperidine rings is 1. The van der Waals surface area contributed by atoms with E-state index < -0.39 is 0 Å². The fraction of sp³-hybridized carbons (Fsp3) is 0.400. The molecule has 2 aliphatic rings. The third-order valence-corrected chi connectivity index (χ3v) is 6.52. The standard InChI is InChI=1S/C25H28N4O2/c30-24-7-3-4-14-29(24)22-10-8-19(9-11-22)20-17-26-25(27-18-20)31-23-12-15-28(16-13-23)21-5-1-2-6-21/h3-4,7-11,14,17-18,21,23H,1-2,5-6,12-13,15-16H2. The first-order valence-corrected chi connectivity index (χ1v) is 11.3. The van der Waals surface area contributed by atoms with Crippen molar-refractivity contribution in [1.82, 2.24) is 19.4 Å². The van der Waals surface area contributed by atoms with Gasteiger partial charge in [0, 0.05) is 55.0 Å². The second-order valence-electron chi connectivity index (χ2n) is 8.50. The van der Waals surface area contributed by atoms with Crippen LogP contribution in [-0.4, -0.2) is 44.7 Å². The van der Waals surface area contributed by atoms with E-state index in [9.17, 15) is 4.79 Å². The lowest BCUT2D eigenvalue weighted by molar-refractivity contribution is 0.0710. The van der Waals surface area contributed by atoms with Gasteiger partial charge in [0.2, 0.25) is 0 Å². The molecule has 6 nitrogen and oxygen atoms in total. The van der Waals surface area contributed by atoms with Crippen LogP contribution in [0.1, 0.15) is 38.5 Å². The summed E-state index contributed by atoms with van der Waals surface area (Å²) in [6.07, 6.45) is 13.2. The van der Waals surface area contributed by atoms with Gasteiger partial charge in [-0.25, -0.2) is 9.97 Å². The molecule has 0 unspecified atom stereocenters. The fourth-order valence-corrected chi connectivity index (χ4v) is 4.76. The molecular weight excluding hydrogens is 388 g/mol. The van der Waals surface area contributed by atoms with Crippen LogP contribution in [0.4, 0.5) is 0 Å². The van der Waals surface area contributed by atoms with E-state index in [1.165, 1.54) is 25.7 Å². The van der Waals surface area contributed by atoms with E-state index in [0.29, 0.717) is 6.01 Å². The number of hydrogen-bond acceptors (Lipinski definition) is 5. The number of nitrogens with zero attached hydrogens (tertiary/aromatic N) is 4. The lowest BCUT2D eigenvalue weighted by atomic mass is 10.0. The Morgan fingerprint density at radius 1 is 0.839 bits per heavy atom. The van der Waals surface area contributed by atoms with Crippen LogP contribution in [0.25, 0.3) is 16.8 Å². The highest BCUT2D eigenvalue weighted by Crippen LogP contribution is 2.27. The Balaban J connectivity index is 1.19. The van der Waals surface area contributed by atoms with Gasteiger partial charge < -0.3 is 9.64 Å². The van der Waals surface area contributed by atoms with E-state index in [1.54, 1.807) is 35.3 Å². The zero-order valence-electron chi connectivity index (χ0n) is 17.7. The Hall–Kier alpha value is -2.99. The molecule has 1 aromatic carbocycles. The van der Waals surface area contributed by atoms with Crippen LogP contribution in [0, 0.1) is 0 Å². The molecule has 0 radical (unpaired) electrons. The highest BCUT2D eigenvalue weighted by Gasteiger charge is 2.28. The molecule has 1 saturated heterocycles. The summed E-state index contributed by atoms with van der Waals surface area (Å²) < 4.78 is 7.68. The van der Waals surface area contributed by atoms with Crippen molar-refractivity contribution in [2.45, 2.75) is 50.7 Å². The maximum Gasteiger partial charge on any atom is 0.316 e. The van der Waals surface area contributed by atoms with Crippen LogP contribution in [-0.2, 0) is 0 Å². The fourth-order valence-electron chi connectivity index (χ4n) is 4.76. The van der Waals surface area contributed by atoms with Crippen LogP contribution in [0.2, 0.25) is 0 Å². The minimum absolute atomic E-state index is 0.0471. The number of benzene rings is 1. The molecular formula is C25H28N4O2. The number of hydrogen-bond donors (Lipinski definition) is 0. The monoisotopic (exact) mass is 416 g/mol. The van der Waals surface area contributed by atoms with Crippen LogP contribution in [0.15, 0.2) is 65.8 Å². The second-order valence-corrected chi connectivity index (χ2v) is 8.50. The van der Waals surface area contributed by atoms with Gasteiger partial charge in [0.25, 0.3) is 5.56 Å². The molecule has 31 heavy (non-hydrogen) atoms. The topological polar surface area (TPSA) is 60.3 Å². The van der Waals surface area contributed by atoms with E-state index in [0.717, 1.165) is 48.8 Å². The van der Waals surface area contributed by atoms with Crippen molar-refractivity contribution >= 4 is 0 Å². The van der Waals surface area contributed by atoms with Crippen LogP contribution < -0.4 is 10.3 Å². The number of rotatable bonds is 5. The number of ether oxygens (including phenoxy) is 1. The maximum absolute atomic E-state index is 12.0. The van der Waals surface area contributed by atoms with E-state index in [1.807, 2.05) is 30.3 Å². The molecule has 0 bridgehead atoms. The van der Waals surface area contributed by atoms with E-state index in [4.69, 9.17) is 4.74 Å². The van der Waals surface area contributed by atoms with Gasteiger partial charge in [-0.2, -0.15) is 0 Å². The molecule has 6 heteroatoms. The molecule has 3 heterocycles. The Morgan fingerprint density at radius 2 is 1.55 bits per heavy atom. The molecule has 1 saturated carbocycles. The quantitative estimate of drug-likeness (QED) is 0.627. The van der Waals surface area contributed by atoms with Gasteiger partial charge in [-0.1, -0.05) is 31.0 Å². The summed E-state index contributed by atoms with van der Waals surface area (Å²) in [4.78, 5) is 23.5. The number of aromatic nitrogens is 3. The molecule has 160 valence electrons. The smallest absolute Gasteiger partial charge is 0.316 e. The van der Waals surface area contributed by atoms with Crippen molar-refractivity contribution in [2.75, 3.05) is 13.1 Å². The van der Waals surface area contributed by atoms with Crippen LogP contribution in [0.5, 0.6) is 6.01 Å². The average Bonchev–Trinajstić information content (AvgIpc) is 3.36. The Morgan fingerprint density at radius 3 is 2.23 bits per heavy atom. The zero-order valence-corrected chi connectivity index (χ0v) is 17.7. The van der Waals surface area contributed by atoms with Gasteiger partial charge in [0.1, 0.15) is 6.10 Å². The van der Waals surface area contributed by atoms with Crippen LogP contribution >= 0.6 is 0 Å². The summed E-state index contributed by atoms with van der Waals surface area (Å²) in [6.45, 7) is 2.23. The Labute approximate surface area is 182 Å². The van der Waals surface area contributed by atoms with E-state index in [2.05, 4.69) is 14.9 Å². The van der Waals surface area contributed by atoms with Gasteiger partial charge >= 0.3 is 6.01 Å². The SMILES string of the molecule is O=c1ccccn1-c1ccc(-c2cnc(OC3CCN(C4CCCC4)CC3)nc2)cc1. The minimum atomic E-state index is -0.0471. The molecule has 2 fully saturated rings. The molecule has 1 aliphatic carbocycles. The molecule has 0 amide bonds. The summed E-state index contributed by atoms with van der Waals surface area (Å²) in [5.41, 5.74) is 2.72. The second kappa shape index (κ2) is 9.02. The Bertz CT molecular complexity index is 1050. The highest BCUT2D eigenvalue weighted by molar-refractivity contribution is 5.63. The maximum atomic E-state index is 12.0. The molecule has 3 aromatic rings. The molecule has 0 atom stereocenters. The van der Waals surface area contributed by atoms with Crippen molar-refractivity contribution < 1.29 is 4.74 Å². The average molecular weight is 417 g/mol. The largest absolute Gasteiger partial charge is 0.460 e. The van der Waals surface area contributed by atoms with Gasteiger partial charge in [-0.3, -0.25) is 9.36 Å². The summed E-state index contributed by atoms with van der Waals surface area (Å²) in [5.74, 6) is 0. The van der Waals surface area contributed by atoms with Crippen LogP contribution in [0.3, 0.4) is 0 Å². The van der Waals surface area contributed by atoms with E-state index in [-0.39, 0.29) is 11.7 Å². The van der Waals surface area contributed by atoms with E-state index >= 15 is 0 Å². The molecule has 1 aliphatic heterocycles. The van der Waals surface area contributed by atoms with Crippen molar-refractivity contribution in [3.63, 3.8) is 0 Å². The number of pyridine rings is 1. The third-order valence-electron chi connectivity index (χ3n) is 6.52. The molecule has 0 N–H and O–H groups in total. The highest BCUT2D eigenvalue weighted by atomic mass is 16.5. The van der Waals surface area contributed by atoms with Gasteiger partial charge in [0.15, 0.2) is 0 Å². The van der Waals surface area contributed by atoms with Gasteiger partial charge in [-0.15, -0.1) is 0 Å². The lowest BCUT2D eigenvalue weighted by Gasteiger charge is -2.35. The zero-order chi connectivity index (χ0) is 21.0. The predicted octanol–water partition coefficient (Wildman–Crippen LogP) is 4.08. The van der Waals surface area contributed by atoms with Crippen molar-refractivity contribution in [3.8, 4) is 22.8 Å². The first-order valence-electron chi connectivity index (χ1n) is 11.3. The van der Waals surface area contributed by atoms with Crippen molar-refractivity contribution in [3.05, 3.63) is 71.4 Å². The first-order chi connectivity index (χ1) is 15.3. The summed E-state index contributed by atoms with van der Waals surface area (Å²) in [6, 6.07) is 14.2. The minimum Gasteiger partial charge on any atom is -0.460 e. The van der Waals surface area contributed by atoms with Crippen molar-refractivity contribution in [2.24, 2.45) is 0 Å². The summed E-state index contributed by atoms with van der Waals surface area (Å²) >= 11 is 0.